The van der Waals surface area contributed by atoms with Gasteiger partial charge in [0.25, 0.3) is 0 Å². The maximum absolute atomic E-state index is 11.3. The van der Waals surface area contributed by atoms with Crippen molar-refractivity contribution in [2.75, 3.05) is 12.4 Å². The summed E-state index contributed by atoms with van der Waals surface area (Å²) >= 11 is 16.7. The Bertz CT molecular complexity index is 633. The molecule has 1 heterocycles. The minimum atomic E-state index is -0.482. The normalized spacial score (nSPS) is 10.3. The summed E-state index contributed by atoms with van der Waals surface area (Å²) in [5, 5.41) is 5.92. The van der Waals surface area contributed by atoms with Gasteiger partial charge >= 0.3 is 5.97 Å². The third-order valence-electron chi connectivity index (χ3n) is 2.18. The average molecular weight is 382 g/mol. The molecule has 0 saturated heterocycles. The van der Waals surface area contributed by atoms with Crippen molar-refractivity contribution in [1.29, 1.82) is 0 Å². The summed E-state index contributed by atoms with van der Waals surface area (Å²) in [7, 11) is 1.31. The number of carbonyl (C=O) groups excluding carboxylic acids is 1. The van der Waals surface area contributed by atoms with E-state index in [4.69, 9.17) is 23.2 Å². The van der Waals surface area contributed by atoms with E-state index in [9.17, 15) is 4.79 Å². The molecule has 0 bridgehead atoms. The molecule has 0 amide bonds. The monoisotopic (exact) mass is 380 g/mol. The van der Waals surface area contributed by atoms with E-state index >= 15 is 0 Å². The zero-order valence-corrected chi connectivity index (χ0v) is 13.5. The first-order chi connectivity index (χ1) is 9.02. The fraction of sp³-hybridized carbons (Fsp3) is 0.0909. The topological polar surface area (TPSA) is 51.2 Å². The lowest BCUT2D eigenvalue weighted by molar-refractivity contribution is 0.0595. The van der Waals surface area contributed by atoms with Crippen LogP contribution in [0, 0.1) is 0 Å². The van der Waals surface area contributed by atoms with Crippen molar-refractivity contribution < 1.29 is 9.53 Å². The number of ether oxygens (including phenoxy) is 1. The molecular weight excluding hydrogens is 375 g/mol. The molecule has 0 aliphatic rings. The smallest absolute Gasteiger partial charge is 0.357 e. The number of hydrogen-bond acceptors (Lipinski definition) is 5. The molecule has 1 aromatic carbocycles. The van der Waals surface area contributed by atoms with Gasteiger partial charge in [0.05, 0.1) is 22.8 Å². The van der Waals surface area contributed by atoms with Gasteiger partial charge in [-0.3, -0.25) is 0 Å². The largest absolute Gasteiger partial charge is 0.464 e. The molecule has 0 spiro atoms. The number of aromatic nitrogens is 1. The van der Waals surface area contributed by atoms with Gasteiger partial charge < -0.3 is 10.1 Å². The number of anilines is 2. The van der Waals surface area contributed by atoms with E-state index in [0.29, 0.717) is 25.3 Å². The van der Waals surface area contributed by atoms with Crippen LogP contribution in [0.4, 0.5) is 10.8 Å². The highest BCUT2D eigenvalue weighted by Crippen LogP contribution is 2.37. The van der Waals surface area contributed by atoms with Crippen molar-refractivity contribution in [1.82, 2.24) is 4.98 Å². The van der Waals surface area contributed by atoms with Crippen LogP contribution in [0.3, 0.4) is 0 Å². The molecule has 0 unspecified atom stereocenters. The van der Waals surface area contributed by atoms with E-state index in [-0.39, 0.29) is 5.69 Å². The lowest BCUT2D eigenvalue weighted by Crippen LogP contribution is -2.01. The quantitative estimate of drug-likeness (QED) is 0.616. The first-order valence-corrected chi connectivity index (χ1v) is 7.40. The standard InChI is InChI=1S/C11H7BrCl2N2O2S/c1-18-10(17)7-4-19-11(16-7)15-6-3-2-5(12)8(13)9(6)14/h2-4H,1H3,(H,15,16). The summed E-state index contributed by atoms with van der Waals surface area (Å²) in [5.74, 6) is -0.482. The fourth-order valence-corrected chi connectivity index (χ4v) is 2.78. The van der Waals surface area contributed by atoms with Crippen molar-refractivity contribution >= 4 is 67.3 Å². The Kier molecular flexibility index (Phi) is 4.67. The number of halogens is 3. The van der Waals surface area contributed by atoms with E-state index in [0.717, 1.165) is 0 Å². The number of benzene rings is 1. The molecule has 2 rings (SSSR count). The molecule has 1 aromatic heterocycles. The van der Waals surface area contributed by atoms with Crippen LogP contribution in [-0.4, -0.2) is 18.1 Å². The van der Waals surface area contributed by atoms with E-state index in [1.54, 1.807) is 17.5 Å². The second kappa shape index (κ2) is 6.09. The van der Waals surface area contributed by atoms with Gasteiger partial charge in [-0.2, -0.15) is 0 Å². The van der Waals surface area contributed by atoms with Gasteiger partial charge in [-0.1, -0.05) is 23.2 Å². The lowest BCUT2D eigenvalue weighted by atomic mass is 10.3. The fourth-order valence-electron chi connectivity index (χ4n) is 1.27. The lowest BCUT2D eigenvalue weighted by Gasteiger charge is -2.07. The Morgan fingerprint density at radius 1 is 1.42 bits per heavy atom. The molecule has 0 aliphatic heterocycles. The number of thiazole rings is 1. The Labute approximate surface area is 131 Å². The van der Waals surface area contributed by atoms with E-state index in [1.807, 2.05) is 0 Å². The highest BCUT2D eigenvalue weighted by Gasteiger charge is 2.13. The van der Waals surface area contributed by atoms with Crippen LogP contribution in [0.2, 0.25) is 10.0 Å². The Morgan fingerprint density at radius 3 is 2.84 bits per heavy atom. The minimum Gasteiger partial charge on any atom is -0.464 e. The minimum absolute atomic E-state index is 0.245. The van der Waals surface area contributed by atoms with Crippen molar-refractivity contribution in [2.45, 2.75) is 0 Å². The van der Waals surface area contributed by atoms with Gasteiger partial charge in [0.1, 0.15) is 0 Å². The van der Waals surface area contributed by atoms with Crippen molar-refractivity contribution in [3.05, 3.63) is 37.7 Å². The summed E-state index contributed by atoms with van der Waals surface area (Å²) in [5.41, 5.74) is 0.856. The van der Waals surface area contributed by atoms with Crippen LogP contribution in [0.25, 0.3) is 0 Å². The number of esters is 1. The molecule has 2 aromatic rings. The molecular formula is C11H7BrCl2N2O2S. The second-order valence-electron chi connectivity index (χ2n) is 3.38. The molecule has 0 atom stereocenters. The molecule has 0 aliphatic carbocycles. The molecule has 0 radical (unpaired) electrons. The number of carbonyl (C=O) groups is 1. The Morgan fingerprint density at radius 2 is 2.16 bits per heavy atom. The first-order valence-electron chi connectivity index (χ1n) is 4.97. The Hall–Kier alpha value is -0.820. The van der Waals surface area contributed by atoms with Gasteiger partial charge in [0, 0.05) is 9.85 Å². The SMILES string of the molecule is COC(=O)c1csc(Nc2ccc(Br)c(Cl)c2Cl)n1. The predicted molar refractivity (Wildman–Crippen MR) is 80.9 cm³/mol. The van der Waals surface area contributed by atoms with Crippen LogP contribution >= 0.6 is 50.5 Å². The highest BCUT2D eigenvalue weighted by atomic mass is 79.9. The van der Waals surface area contributed by atoms with Crippen LogP contribution in [0.5, 0.6) is 0 Å². The zero-order chi connectivity index (χ0) is 14.0. The molecule has 1 N–H and O–H groups in total. The molecule has 0 fully saturated rings. The zero-order valence-electron chi connectivity index (χ0n) is 9.54. The third kappa shape index (κ3) is 3.20. The molecule has 0 saturated carbocycles. The number of nitrogens with one attached hydrogen (secondary N) is 1. The van der Waals surface area contributed by atoms with Gasteiger partial charge in [-0.15, -0.1) is 11.3 Å². The number of hydrogen-bond donors (Lipinski definition) is 1. The van der Waals surface area contributed by atoms with Crippen molar-refractivity contribution in [3.8, 4) is 0 Å². The summed E-state index contributed by atoms with van der Waals surface area (Å²) in [6.07, 6.45) is 0. The van der Waals surface area contributed by atoms with Gasteiger partial charge in [-0.05, 0) is 28.1 Å². The van der Waals surface area contributed by atoms with Crippen molar-refractivity contribution in [2.24, 2.45) is 0 Å². The summed E-state index contributed by atoms with van der Waals surface area (Å²) in [6.45, 7) is 0. The van der Waals surface area contributed by atoms with Crippen molar-refractivity contribution in [3.63, 3.8) is 0 Å². The Balaban J connectivity index is 2.24. The van der Waals surface area contributed by atoms with Gasteiger partial charge in [0.15, 0.2) is 10.8 Å². The summed E-state index contributed by atoms with van der Waals surface area (Å²) < 4.78 is 5.29. The molecule has 4 nitrogen and oxygen atoms in total. The van der Waals surface area contributed by atoms with Gasteiger partial charge in [-0.25, -0.2) is 9.78 Å². The predicted octanol–water partition coefficient (Wildman–Crippen LogP) is 4.74. The summed E-state index contributed by atoms with van der Waals surface area (Å²) in [6, 6.07) is 3.53. The molecule has 8 heteroatoms. The third-order valence-corrected chi connectivity index (χ3v) is 4.70. The van der Waals surface area contributed by atoms with Crippen LogP contribution in [0.1, 0.15) is 10.5 Å². The molecule has 19 heavy (non-hydrogen) atoms. The van der Waals surface area contributed by atoms with Gasteiger partial charge in [0.2, 0.25) is 0 Å². The van der Waals surface area contributed by atoms with E-state index in [2.05, 4.69) is 31.0 Å². The number of nitrogens with zero attached hydrogens (tertiary/aromatic N) is 1. The van der Waals surface area contributed by atoms with E-state index in [1.165, 1.54) is 18.4 Å². The maximum Gasteiger partial charge on any atom is 0.357 e. The van der Waals surface area contributed by atoms with Crippen LogP contribution in [-0.2, 0) is 4.74 Å². The first kappa shape index (κ1) is 14.6. The number of rotatable bonds is 3. The average Bonchev–Trinajstić information content (AvgIpc) is 2.87. The van der Waals surface area contributed by atoms with Crippen LogP contribution in [0.15, 0.2) is 22.0 Å². The number of methoxy groups -OCH3 is 1. The second-order valence-corrected chi connectivity index (χ2v) is 5.85. The van der Waals surface area contributed by atoms with Crippen LogP contribution < -0.4 is 5.32 Å². The highest BCUT2D eigenvalue weighted by molar-refractivity contribution is 9.10. The molecule has 100 valence electrons. The summed E-state index contributed by atoms with van der Waals surface area (Å²) in [4.78, 5) is 15.4. The maximum atomic E-state index is 11.3. The van der Waals surface area contributed by atoms with E-state index < -0.39 is 5.97 Å².